The minimum atomic E-state index is -3.51. The zero-order valence-corrected chi connectivity index (χ0v) is 9.43. The molecule has 1 aliphatic heterocycles. The summed E-state index contributed by atoms with van der Waals surface area (Å²) in [4.78, 5) is 10.9. The van der Waals surface area contributed by atoms with E-state index in [-0.39, 0.29) is 12.5 Å². The summed E-state index contributed by atoms with van der Waals surface area (Å²) < 4.78 is 26.8. The summed E-state index contributed by atoms with van der Waals surface area (Å²) in [5.74, 6) is -0.353. The molecule has 8 heteroatoms. The van der Waals surface area contributed by atoms with E-state index < -0.39 is 10.2 Å². The Morgan fingerprint density at radius 3 is 2.53 bits per heavy atom. The normalized spacial score (nSPS) is 18.7. The number of nitrogens with zero attached hydrogens (tertiary/aromatic N) is 1. The summed E-state index contributed by atoms with van der Waals surface area (Å²) in [6.07, 6.45) is 0. The molecule has 0 spiro atoms. The van der Waals surface area contributed by atoms with Crippen molar-refractivity contribution in [3.05, 3.63) is 0 Å². The van der Waals surface area contributed by atoms with Crippen LogP contribution in [-0.2, 0) is 15.0 Å². The van der Waals surface area contributed by atoms with Crippen molar-refractivity contribution < 1.29 is 13.2 Å². The molecule has 15 heavy (non-hydrogen) atoms. The van der Waals surface area contributed by atoms with Gasteiger partial charge < -0.3 is 10.6 Å². The Labute approximate surface area is 89.4 Å². The molecule has 1 aliphatic rings. The predicted molar refractivity (Wildman–Crippen MR) is 55.4 cm³/mol. The van der Waals surface area contributed by atoms with Gasteiger partial charge in [0.05, 0.1) is 6.54 Å². The van der Waals surface area contributed by atoms with Crippen LogP contribution in [0.4, 0.5) is 0 Å². The highest BCUT2D eigenvalue weighted by Gasteiger charge is 2.23. The van der Waals surface area contributed by atoms with E-state index in [0.29, 0.717) is 26.2 Å². The van der Waals surface area contributed by atoms with Crippen molar-refractivity contribution in [3.63, 3.8) is 0 Å². The van der Waals surface area contributed by atoms with Crippen molar-refractivity contribution in [2.45, 2.75) is 0 Å². The first-order valence-corrected chi connectivity index (χ1v) is 6.16. The van der Waals surface area contributed by atoms with Crippen molar-refractivity contribution in [2.75, 3.05) is 39.8 Å². The quantitative estimate of drug-likeness (QED) is 0.502. The van der Waals surface area contributed by atoms with Crippen molar-refractivity contribution in [1.82, 2.24) is 19.7 Å². The first kappa shape index (κ1) is 12.4. The van der Waals surface area contributed by atoms with E-state index in [1.165, 1.54) is 11.4 Å². The van der Waals surface area contributed by atoms with Crippen LogP contribution in [0.2, 0.25) is 0 Å². The average Bonchev–Trinajstić information content (AvgIpc) is 2.27. The van der Waals surface area contributed by atoms with Gasteiger partial charge in [0.25, 0.3) is 10.2 Å². The first-order valence-electron chi connectivity index (χ1n) is 4.72. The molecular weight excluding hydrogens is 220 g/mol. The molecule has 1 rings (SSSR count). The van der Waals surface area contributed by atoms with E-state index in [0.717, 1.165) is 0 Å². The third kappa shape index (κ3) is 3.74. The summed E-state index contributed by atoms with van der Waals surface area (Å²) in [5, 5.41) is 5.39. The van der Waals surface area contributed by atoms with E-state index in [2.05, 4.69) is 15.4 Å². The Morgan fingerprint density at radius 1 is 1.40 bits per heavy atom. The lowest BCUT2D eigenvalue weighted by atomic mass is 10.4. The van der Waals surface area contributed by atoms with Crippen molar-refractivity contribution >= 4 is 16.1 Å². The van der Waals surface area contributed by atoms with Crippen molar-refractivity contribution in [3.8, 4) is 0 Å². The van der Waals surface area contributed by atoms with E-state index in [9.17, 15) is 13.2 Å². The maximum atomic E-state index is 11.6. The fourth-order valence-electron chi connectivity index (χ4n) is 1.22. The number of carbonyl (C=O) groups excluding carboxylic acids is 1. The van der Waals surface area contributed by atoms with Gasteiger partial charge in [0.2, 0.25) is 5.91 Å². The number of rotatable bonds is 4. The van der Waals surface area contributed by atoms with Gasteiger partial charge in [-0.3, -0.25) is 4.79 Å². The highest BCUT2D eigenvalue weighted by atomic mass is 32.2. The predicted octanol–water partition coefficient (Wildman–Crippen LogP) is -2.53. The van der Waals surface area contributed by atoms with Crippen LogP contribution in [0.15, 0.2) is 0 Å². The van der Waals surface area contributed by atoms with Gasteiger partial charge in [-0.1, -0.05) is 0 Å². The second-order valence-corrected chi connectivity index (χ2v) is 4.90. The summed E-state index contributed by atoms with van der Waals surface area (Å²) in [6, 6.07) is 0. The number of nitrogens with one attached hydrogen (secondary N) is 3. The van der Waals surface area contributed by atoms with Gasteiger partial charge in [-0.2, -0.15) is 17.4 Å². The molecule has 1 fully saturated rings. The van der Waals surface area contributed by atoms with Crippen LogP contribution in [0.25, 0.3) is 0 Å². The second kappa shape index (κ2) is 5.40. The smallest absolute Gasteiger partial charge is 0.280 e. The molecular formula is C7H16N4O3S. The molecule has 88 valence electrons. The van der Waals surface area contributed by atoms with E-state index in [1.54, 1.807) is 0 Å². The Kier molecular flexibility index (Phi) is 4.45. The minimum Gasteiger partial charge on any atom is -0.358 e. The van der Waals surface area contributed by atoms with Crippen LogP contribution in [0.1, 0.15) is 0 Å². The fourth-order valence-corrected chi connectivity index (χ4v) is 2.38. The van der Waals surface area contributed by atoms with Crippen LogP contribution in [-0.4, -0.2) is 58.4 Å². The lowest BCUT2D eigenvalue weighted by Crippen LogP contribution is -2.51. The molecule has 7 nitrogen and oxygen atoms in total. The van der Waals surface area contributed by atoms with Gasteiger partial charge in [0.15, 0.2) is 0 Å². The summed E-state index contributed by atoms with van der Waals surface area (Å²) in [5.41, 5.74) is 0. The maximum Gasteiger partial charge on any atom is 0.280 e. The lowest BCUT2D eigenvalue weighted by Gasteiger charge is -2.26. The summed E-state index contributed by atoms with van der Waals surface area (Å²) >= 11 is 0. The van der Waals surface area contributed by atoms with Crippen LogP contribution >= 0.6 is 0 Å². The molecule has 0 bridgehead atoms. The number of piperazine rings is 1. The molecule has 1 amide bonds. The van der Waals surface area contributed by atoms with Gasteiger partial charge in [-0.15, -0.1) is 0 Å². The number of amides is 1. The zero-order valence-electron chi connectivity index (χ0n) is 8.62. The molecule has 0 aliphatic carbocycles. The number of hydrogen-bond donors (Lipinski definition) is 3. The molecule has 0 saturated carbocycles. The summed E-state index contributed by atoms with van der Waals surface area (Å²) in [7, 11) is -2.05. The molecule has 1 saturated heterocycles. The minimum absolute atomic E-state index is 0.219. The van der Waals surface area contributed by atoms with Gasteiger partial charge in [-0.25, -0.2) is 0 Å². The molecule has 0 atom stereocenters. The molecule has 0 aromatic heterocycles. The van der Waals surface area contributed by atoms with Crippen molar-refractivity contribution in [1.29, 1.82) is 0 Å². The Bertz CT molecular complexity index is 310. The first-order chi connectivity index (χ1) is 7.06. The highest BCUT2D eigenvalue weighted by Crippen LogP contribution is 1.98. The SMILES string of the molecule is CNC(=O)CNS(=O)(=O)N1CCNCC1. The van der Waals surface area contributed by atoms with Crippen LogP contribution in [0, 0.1) is 0 Å². The second-order valence-electron chi connectivity index (χ2n) is 3.15. The van der Waals surface area contributed by atoms with Gasteiger partial charge in [0, 0.05) is 33.2 Å². The standard InChI is InChI=1S/C7H16N4O3S/c1-8-7(12)6-10-15(13,14)11-4-2-9-3-5-11/h9-10H,2-6H2,1H3,(H,8,12). The third-order valence-corrected chi connectivity index (χ3v) is 3.66. The van der Waals surface area contributed by atoms with Gasteiger partial charge in [-0.05, 0) is 0 Å². The van der Waals surface area contributed by atoms with Gasteiger partial charge >= 0.3 is 0 Å². The Balaban J connectivity index is 2.46. The largest absolute Gasteiger partial charge is 0.358 e. The number of carbonyl (C=O) groups is 1. The Morgan fingerprint density at radius 2 is 2.00 bits per heavy atom. The van der Waals surface area contributed by atoms with Crippen molar-refractivity contribution in [2.24, 2.45) is 0 Å². The number of hydrogen-bond acceptors (Lipinski definition) is 4. The maximum absolute atomic E-state index is 11.6. The van der Waals surface area contributed by atoms with E-state index in [4.69, 9.17) is 0 Å². The Hall–Kier alpha value is -0.700. The van der Waals surface area contributed by atoms with Crippen LogP contribution < -0.4 is 15.4 Å². The summed E-state index contributed by atoms with van der Waals surface area (Å²) in [6.45, 7) is 1.93. The zero-order chi connectivity index (χ0) is 11.3. The molecule has 0 radical (unpaired) electrons. The highest BCUT2D eigenvalue weighted by molar-refractivity contribution is 7.87. The van der Waals surface area contributed by atoms with Gasteiger partial charge in [0.1, 0.15) is 0 Å². The molecule has 0 aromatic carbocycles. The third-order valence-electron chi connectivity index (χ3n) is 2.11. The molecule has 3 N–H and O–H groups in total. The van der Waals surface area contributed by atoms with Crippen LogP contribution in [0.3, 0.4) is 0 Å². The molecule has 0 unspecified atom stereocenters. The molecule has 0 aromatic rings. The average molecular weight is 236 g/mol. The van der Waals surface area contributed by atoms with E-state index in [1.807, 2.05) is 0 Å². The van der Waals surface area contributed by atoms with Crippen LogP contribution in [0.5, 0.6) is 0 Å². The topological polar surface area (TPSA) is 90.5 Å². The van der Waals surface area contributed by atoms with E-state index >= 15 is 0 Å². The number of likely N-dealkylation sites (N-methyl/N-ethyl adjacent to an activating group) is 1. The lowest BCUT2D eigenvalue weighted by molar-refractivity contribution is -0.119. The monoisotopic (exact) mass is 236 g/mol. The molecule has 1 heterocycles. The fraction of sp³-hybridized carbons (Fsp3) is 0.857.